The van der Waals surface area contributed by atoms with Gasteiger partial charge in [0.15, 0.2) is 0 Å². The van der Waals surface area contributed by atoms with Gasteiger partial charge in [-0.25, -0.2) is 0 Å². The predicted octanol–water partition coefficient (Wildman–Crippen LogP) is 2.87. The fourth-order valence-electron chi connectivity index (χ4n) is 2.81. The molecule has 6 heteroatoms. The first-order valence-electron chi connectivity index (χ1n) is 9.83. The zero-order valence-electron chi connectivity index (χ0n) is 16.9. The quantitative estimate of drug-likeness (QED) is 0.411. The van der Waals surface area contributed by atoms with Crippen LogP contribution in [0.2, 0.25) is 0 Å². The molecule has 6 nitrogen and oxygen atoms in total. The third kappa shape index (κ3) is 7.29. The van der Waals surface area contributed by atoms with Crippen LogP contribution in [-0.4, -0.2) is 24.3 Å². The molecule has 0 saturated heterocycles. The molecule has 0 atom stereocenters. The molecule has 3 amide bonds. The Labute approximate surface area is 181 Å². The fourth-order valence-corrected chi connectivity index (χ4v) is 2.81. The summed E-state index contributed by atoms with van der Waals surface area (Å²) >= 11 is 0. The van der Waals surface area contributed by atoms with Crippen molar-refractivity contribution in [2.24, 2.45) is 0 Å². The minimum Gasteiger partial charge on any atom is -0.343 e. The van der Waals surface area contributed by atoms with Gasteiger partial charge in [-0.3, -0.25) is 25.2 Å². The molecule has 0 unspecified atom stereocenters. The molecule has 3 N–H and O–H groups in total. The highest BCUT2D eigenvalue weighted by Gasteiger charge is 2.08. The smallest absolute Gasteiger partial charge is 0.269 e. The van der Waals surface area contributed by atoms with E-state index in [0.29, 0.717) is 5.56 Å². The van der Waals surface area contributed by atoms with E-state index in [2.05, 4.69) is 16.2 Å². The summed E-state index contributed by atoms with van der Waals surface area (Å²) in [6, 6.07) is 26.5. The van der Waals surface area contributed by atoms with Crippen LogP contribution < -0.4 is 16.2 Å². The second kappa shape index (κ2) is 11.1. The van der Waals surface area contributed by atoms with Crippen molar-refractivity contribution in [3.63, 3.8) is 0 Å². The highest BCUT2D eigenvalue weighted by atomic mass is 16.2. The van der Waals surface area contributed by atoms with Crippen molar-refractivity contribution in [2.75, 3.05) is 6.54 Å². The highest BCUT2D eigenvalue weighted by molar-refractivity contribution is 5.97. The lowest BCUT2D eigenvalue weighted by atomic mass is 10.0. The molecule has 3 rings (SSSR count). The minimum absolute atomic E-state index is 0.256. The normalized spacial score (nSPS) is 10.5. The molecule has 0 fully saturated rings. The Morgan fingerprint density at radius 1 is 0.710 bits per heavy atom. The van der Waals surface area contributed by atoms with E-state index in [-0.39, 0.29) is 6.54 Å². The standard InChI is InChI=1S/C25H23N3O3/c29-23(16-13-19-7-3-1-4-8-19)26-18-24(30)27-28-25(31)22-14-11-21(12-15-22)17-20-9-5-2-6-10-20/h1-16H,17-18H2,(H,26,29)(H,27,30)(H,28,31)/b16-13+. The largest absolute Gasteiger partial charge is 0.343 e. The molecule has 3 aromatic rings. The number of hydrogen-bond acceptors (Lipinski definition) is 3. The second-order valence-corrected chi connectivity index (χ2v) is 6.82. The van der Waals surface area contributed by atoms with E-state index < -0.39 is 17.7 Å². The summed E-state index contributed by atoms with van der Waals surface area (Å²) in [4.78, 5) is 35.8. The molecule has 0 radical (unpaired) electrons. The van der Waals surface area contributed by atoms with Crippen LogP contribution in [0.5, 0.6) is 0 Å². The average Bonchev–Trinajstić information content (AvgIpc) is 2.81. The number of benzene rings is 3. The van der Waals surface area contributed by atoms with E-state index in [1.54, 1.807) is 18.2 Å². The molecule has 156 valence electrons. The second-order valence-electron chi connectivity index (χ2n) is 6.82. The number of amides is 3. The Hall–Kier alpha value is -4.19. The molecule has 3 aromatic carbocycles. The fraction of sp³-hybridized carbons (Fsp3) is 0.0800. The molecule has 0 bridgehead atoms. The zero-order valence-corrected chi connectivity index (χ0v) is 16.9. The topological polar surface area (TPSA) is 87.3 Å². The summed E-state index contributed by atoms with van der Waals surface area (Å²) in [6.45, 7) is -0.256. The summed E-state index contributed by atoms with van der Waals surface area (Å²) in [5.74, 6) is -1.37. The first-order valence-corrected chi connectivity index (χ1v) is 9.83. The van der Waals surface area contributed by atoms with E-state index in [1.807, 2.05) is 72.8 Å². The van der Waals surface area contributed by atoms with E-state index in [4.69, 9.17) is 0 Å². The summed E-state index contributed by atoms with van der Waals surface area (Å²) < 4.78 is 0. The van der Waals surface area contributed by atoms with Crippen molar-refractivity contribution in [1.29, 1.82) is 0 Å². The average molecular weight is 413 g/mol. The maximum Gasteiger partial charge on any atom is 0.269 e. The van der Waals surface area contributed by atoms with Gasteiger partial charge in [0.1, 0.15) is 0 Å². The number of carbonyl (C=O) groups is 3. The van der Waals surface area contributed by atoms with Crippen molar-refractivity contribution in [3.05, 3.63) is 113 Å². The minimum atomic E-state index is -0.532. The molecule has 0 aromatic heterocycles. The molecule has 0 aliphatic carbocycles. The van der Waals surface area contributed by atoms with Crippen molar-refractivity contribution < 1.29 is 14.4 Å². The SMILES string of the molecule is O=C(/C=C/c1ccccc1)NCC(=O)NNC(=O)c1ccc(Cc2ccccc2)cc1. The van der Waals surface area contributed by atoms with Gasteiger partial charge in [0.25, 0.3) is 11.8 Å². The van der Waals surface area contributed by atoms with Crippen LogP contribution in [-0.2, 0) is 16.0 Å². The van der Waals surface area contributed by atoms with Gasteiger partial charge in [-0.2, -0.15) is 0 Å². The third-order valence-corrected chi connectivity index (χ3v) is 4.43. The van der Waals surface area contributed by atoms with Gasteiger partial charge in [-0.15, -0.1) is 0 Å². The molecular formula is C25H23N3O3. The van der Waals surface area contributed by atoms with Crippen molar-refractivity contribution in [3.8, 4) is 0 Å². The van der Waals surface area contributed by atoms with Gasteiger partial charge in [-0.1, -0.05) is 72.8 Å². The molecular weight excluding hydrogens is 390 g/mol. The zero-order chi connectivity index (χ0) is 21.9. The Morgan fingerprint density at radius 3 is 2.00 bits per heavy atom. The lowest BCUT2D eigenvalue weighted by Crippen LogP contribution is -2.46. The first kappa shape index (κ1) is 21.5. The van der Waals surface area contributed by atoms with Gasteiger partial charge in [0, 0.05) is 11.6 Å². The number of hydrogen-bond donors (Lipinski definition) is 3. The Bertz CT molecular complexity index is 1050. The molecule has 0 aliphatic rings. The van der Waals surface area contributed by atoms with E-state index in [1.165, 1.54) is 11.6 Å². The van der Waals surface area contributed by atoms with Gasteiger partial charge in [0.05, 0.1) is 6.54 Å². The Balaban J connectivity index is 1.40. The Morgan fingerprint density at radius 2 is 1.32 bits per heavy atom. The number of nitrogens with one attached hydrogen (secondary N) is 3. The summed E-state index contributed by atoms with van der Waals surface area (Å²) in [5, 5.41) is 2.46. The summed E-state index contributed by atoms with van der Waals surface area (Å²) in [7, 11) is 0. The lowest BCUT2D eigenvalue weighted by molar-refractivity contribution is -0.124. The van der Waals surface area contributed by atoms with Crippen LogP contribution in [0.3, 0.4) is 0 Å². The molecule has 0 saturated carbocycles. The van der Waals surface area contributed by atoms with E-state index >= 15 is 0 Å². The van der Waals surface area contributed by atoms with Crippen LogP contribution in [0.15, 0.2) is 91.0 Å². The summed E-state index contributed by atoms with van der Waals surface area (Å²) in [6.07, 6.45) is 3.77. The summed E-state index contributed by atoms with van der Waals surface area (Å²) in [5.41, 5.74) is 8.20. The van der Waals surface area contributed by atoms with Crippen LogP contribution in [0, 0.1) is 0 Å². The van der Waals surface area contributed by atoms with Crippen LogP contribution in [0.1, 0.15) is 27.0 Å². The van der Waals surface area contributed by atoms with Crippen LogP contribution in [0.25, 0.3) is 6.08 Å². The third-order valence-electron chi connectivity index (χ3n) is 4.43. The molecule has 31 heavy (non-hydrogen) atoms. The number of carbonyl (C=O) groups excluding carboxylic acids is 3. The molecule has 0 spiro atoms. The van der Waals surface area contributed by atoms with Crippen molar-refractivity contribution >= 4 is 23.8 Å². The molecule has 0 heterocycles. The first-order chi connectivity index (χ1) is 15.1. The van der Waals surface area contributed by atoms with Gasteiger partial charge >= 0.3 is 0 Å². The maximum atomic E-state index is 12.2. The maximum absolute atomic E-state index is 12.2. The van der Waals surface area contributed by atoms with E-state index in [0.717, 1.165) is 17.5 Å². The lowest BCUT2D eigenvalue weighted by Gasteiger charge is -2.08. The number of rotatable bonds is 7. The Kier molecular flexibility index (Phi) is 7.71. The van der Waals surface area contributed by atoms with Crippen molar-refractivity contribution in [1.82, 2.24) is 16.2 Å². The monoisotopic (exact) mass is 413 g/mol. The molecule has 0 aliphatic heterocycles. The highest BCUT2D eigenvalue weighted by Crippen LogP contribution is 2.10. The van der Waals surface area contributed by atoms with Gasteiger partial charge < -0.3 is 5.32 Å². The van der Waals surface area contributed by atoms with E-state index in [9.17, 15) is 14.4 Å². The van der Waals surface area contributed by atoms with Crippen LogP contribution in [0.4, 0.5) is 0 Å². The number of hydrazine groups is 1. The van der Waals surface area contributed by atoms with Gasteiger partial charge in [0.2, 0.25) is 5.91 Å². The predicted molar refractivity (Wildman–Crippen MR) is 120 cm³/mol. The van der Waals surface area contributed by atoms with Crippen molar-refractivity contribution in [2.45, 2.75) is 6.42 Å². The van der Waals surface area contributed by atoms with Crippen LogP contribution >= 0.6 is 0 Å². The van der Waals surface area contributed by atoms with Gasteiger partial charge in [-0.05, 0) is 41.3 Å².